The van der Waals surface area contributed by atoms with Gasteiger partial charge < -0.3 is 10.4 Å². The second kappa shape index (κ2) is 5.93. The van der Waals surface area contributed by atoms with Crippen LogP contribution in [0.15, 0.2) is 23.7 Å². The molecule has 18 heavy (non-hydrogen) atoms. The first-order chi connectivity index (χ1) is 8.66. The molecule has 0 amide bonds. The van der Waals surface area contributed by atoms with E-state index in [4.69, 9.17) is 5.11 Å². The Morgan fingerprint density at radius 2 is 2.44 bits per heavy atom. The summed E-state index contributed by atoms with van der Waals surface area (Å²) in [6.07, 6.45) is 2.74. The van der Waals surface area contributed by atoms with Gasteiger partial charge in [-0.1, -0.05) is 0 Å². The Bertz CT molecular complexity index is 539. The largest absolute Gasteiger partial charge is 0.481 e. The van der Waals surface area contributed by atoms with Crippen molar-refractivity contribution in [2.45, 2.75) is 25.8 Å². The zero-order chi connectivity index (χ0) is 13.0. The molecule has 0 radical (unpaired) electrons. The number of nitrogens with one attached hydrogen (secondary N) is 1. The number of nitrogens with zero attached hydrogens (tertiary/aromatic N) is 1. The van der Waals surface area contributed by atoms with E-state index in [9.17, 15) is 4.79 Å². The Hall–Kier alpha value is -1.46. The quantitative estimate of drug-likeness (QED) is 0.788. The summed E-state index contributed by atoms with van der Waals surface area (Å²) in [5.41, 5.74) is 2.17. The summed E-state index contributed by atoms with van der Waals surface area (Å²) in [5.74, 6) is -0.744. The van der Waals surface area contributed by atoms with Gasteiger partial charge in [0.25, 0.3) is 0 Å². The third-order valence-corrected chi connectivity index (χ3v) is 3.69. The van der Waals surface area contributed by atoms with Gasteiger partial charge in [-0.25, -0.2) is 0 Å². The normalized spacial score (nSPS) is 12.7. The van der Waals surface area contributed by atoms with Crippen molar-refractivity contribution in [1.29, 1.82) is 0 Å². The van der Waals surface area contributed by atoms with Gasteiger partial charge in [0.1, 0.15) is 0 Å². The summed E-state index contributed by atoms with van der Waals surface area (Å²) in [5, 5.41) is 13.9. The van der Waals surface area contributed by atoms with Gasteiger partial charge in [0.15, 0.2) is 0 Å². The number of rotatable bonds is 6. The van der Waals surface area contributed by atoms with Crippen molar-refractivity contribution in [3.63, 3.8) is 0 Å². The molecule has 1 atom stereocenters. The van der Waals surface area contributed by atoms with E-state index in [0.717, 1.165) is 11.1 Å². The molecule has 0 fully saturated rings. The van der Waals surface area contributed by atoms with Crippen LogP contribution in [0.25, 0.3) is 10.2 Å². The van der Waals surface area contributed by atoms with Crippen LogP contribution in [0.3, 0.4) is 0 Å². The van der Waals surface area contributed by atoms with Crippen LogP contribution < -0.4 is 5.32 Å². The molecule has 2 aromatic rings. The molecule has 5 heteroatoms. The number of fused-ring (bicyclic) bond motifs is 1. The molecule has 0 aliphatic carbocycles. The average Bonchev–Trinajstić information content (AvgIpc) is 2.81. The lowest BCUT2D eigenvalue weighted by Crippen LogP contribution is -2.20. The second-order valence-electron chi connectivity index (χ2n) is 4.25. The van der Waals surface area contributed by atoms with Gasteiger partial charge >= 0.3 is 5.97 Å². The highest BCUT2D eigenvalue weighted by Crippen LogP contribution is 2.22. The number of hydrogen-bond acceptors (Lipinski definition) is 4. The van der Waals surface area contributed by atoms with Crippen molar-refractivity contribution in [2.75, 3.05) is 6.54 Å². The van der Waals surface area contributed by atoms with Crippen LogP contribution in [0, 0.1) is 0 Å². The fourth-order valence-electron chi connectivity index (χ4n) is 1.77. The van der Waals surface area contributed by atoms with Crippen LogP contribution in [0.4, 0.5) is 0 Å². The van der Waals surface area contributed by atoms with Gasteiger partial charge in [-0.05, 0) is 43.0 Å². The summed E-state index contributed by atoms with van der Waals surface area (Å²) in [6, 6.07) is 4.34. The van der Waals surface area contributed by atoms with E-state index < -0.39 is 5.97 Å². The molecule has 1 unspecified atom stereocenters. The van der Waals surface area contributed by atoms with E-state index in [1.54, 1.807) is 11.3 Å². The molecule has 0 aliphatic rings. The third kappa shape index (κ3) is 3.27. The molecule has 0 saturated heterocycles. The van der Waals surface area contributed by atoms with E-state index in [1.165, 1.54) is 4.70 Å². The summed E-state index contributed by atoms with van der Waals surface area (Å²) < 4.78 is 1.19. The lowest BCUT2D eigenvalue weighted by Gasteiger charge is -2.13. The molecule has 0 aliphatic heterocycles. The Labute approximate surface area is 110 Å². The van der Waals surface area contributed by atoms with Gasteiger partial charge in [0.2, 0.25) is 0 Å². The lowest BCUT2D eigenvalue weighted by molar-refractivity contribution is -0.137. The minimum Gasteiger partial charge on any atom is -0.481 e. The summed E-state index contributed by atoms with van der Waals surface area (Å²) in [7, 11) is 0. The molecule has 2 rings (SSSR count). The minimum atomic E-state index is -0.744. The topological polar surface area (TPSA) is 62.2 Å². The molecule has 0 aromatic carbocycles. The monoisotopic (exact) mass is 264 g/mol. The molecule has 0 spiro atoms. The Kier molecular flexibility index (Phi) is 4.28. The van der Waals surface area contributed by atoms with Gasteiger partial charge in [-0.3, -0.25) is 9.78 Å². The van der Waals surface area contributed by atoms with E-state index in [1.807, 2.05) is 17.6 Å². The number of thiophene rings is 1. The molecule has 4 nitrogen and oxygen atoms in total. The van der Waals surface area contributed by atoms with Crippen molar-refractivity contribution in [1.82, 2.24) is 10.3 Å². The summed E-state index contributed by atoms with van der Waals surface area (Å²) in [6.45, 7) is 2.77. The molecule has 0 saturated carbocycles. The molecule has 0 bridgehead atoms. The first-order valence-corrected chi connectivity index (χ1v) is 6.83. The number of carboxylic acid groups (broad SMARTS) is 1. The lowest BCUT2D eigenvalue weighted by atomic mass is 10.1. The molecule has 96 valence electrons. The van der Waals surface area contributed by atoms with Crippen molar-refractivity contribution in [2.24, 2.45) is 0 Å². The van der Waals surface area contributed by atoms with E-state index >= 15 is 0 Å². The van der Waals surface area contributed by atoms with E-state index in [0.29, 0.717) is 13.0 Å². The standard InChI is InChI=1S/C13H16N2O2S/c1-9(14-5-2-3-13(16)17)10-7-12-11(15-8-10)4-6-18-12/h4,6-9,14H,2-3,5H2,1H3,(H,16,17). The predicted octanol–water partition coefficient (Wildman–Crippen LogP) is 2.81. The second-order valence-corrected chi connectivity index (χ2v) is 5.19. The first kappa shape index (κ1) is 13.0. The highest BCUT2D eigenvalue weighted by Gasteiger charge is 2.07. The van der Waals surface area contributed by atoms with E-state index in [-0.39, 0.29) is 12.5 Å². The Morgan fingerprint density at radius 3 is 3.22 bits per heavy atom. The SMILES string of the molecule is CC(NCCCC(=O)O)c1cnc2ccsc2c1. The van der Waals surface area contributed by atoms with Crippen molar-refractivity contribution in [3.05, 3.63) is 29.3 Å². The summed E-state index contributed by atoms with van der Waals surface area (Å²) in [4.78, 5) is 14.8. The van der Waals surface area contributed by atoms with Crippen LogP contribution in [0.5, 0.6) is 0 Å². The first-order valence-electron chi connectivity index (χ1n) is 5.95. The highest BCUT2D eigenvalue weighted by molar-refractivity contribution is 7.17. The van der Waals surface area contributed by atoms with Gasteiger partial charge in [0, 0.05) is 18.7 Å². The van der Waals surface area contributed by atoms with Crippen molar-refractivity contribution < 1.29 is 9.90 Å². The fourth-order valence-corrected chi connectivity index (χ4v) is 2.56. The van der Waals surface area contributed by atoms with Crippen LogP contribution in [-0.2, 0) is 4.79 Å². The van der Waals surface area contributed by atoms with Crippen LogP contribution in [-0.4, -0.2) is 22.6 Å². The fraction of sp³-hybridized carbons (Fsp3) is 0.385. The number of carbonyl (C=O) groups is 1. The molecular formula is C13H16N2O2S. The molecule has 2 aromatic heterocycles. The maximum absolute atomic E-state index is 10.4. The maximum Gasteiger partial charge on any atom is 0.303 e. The third-order valence-electron chi connectivity index (χ3n) is 2.84. The molecule has 2 heterocycles. The maximum atomic E-state index is 10.4. The highest BCUT2D eigenvalue weighted by atomic mass is 32.1. The predicted molar refractivity (Wildman–Crippen MR) is 72.9 cm³/mol. The minimum absolute atomic E-state index is 0.192. The number of aliphatic carboxylic acids is 1. The Morgan fingerprint density at radius 1 is 1.61 bits per heavy atom. The number of aromatic nitrogens is 1. The van der Waals surface area contributed by atoms with Crippen molar-refractivity contribution >= 4 is 27.5 Å². The zero-order valence-electron chi connectivity index (χ0n) is 10.2. The summed E-state index contributed by atoms with van der Waals surface area (Å²) >= 11 is 1.68. The van der Waals surface area contributed by atoms with E-state index in [2.05, 4.69) is 23.3 Å². The van der Waals surface area contributed by atoms with Crippen LogP contribution in [0.2, 0.25) is 0 Å². The number of hydrogen-bond donors (Lipinski definition) is 2. The smallest absolute Gasteiger partial charge is 0.303 e. The Balaban J connectivity index is 1.91. The molecular weight excluding hydrogens is 248 g/mol. The van der Waals surface area contributed by atoms with Gasteiger partial charge in [-0.2, -0.15) is 0 Å². The number of pyridine rings is 1. The van der Waals surface area contributed by atoms with Gasteiger partial charge in [-0.15, -0.1) is 11.3 Å². The number of carboxylic acids is 1. The average molecular weight is 264 g/mol. The van der Waals surface area contributed by atoms with Crippen molar-refractivity contribution in [3.8, 4) is 0 Å². The van der Waals surface area contributed by atoms with Crippen LogP contribution >= 0.6 is 11.3 Å². The van der Waals surface area contributed by atoms with Crippen LogP contribution in [0.1, 0.15) is 31.4 Å². The zero-order valence-corrected chi connectivity index (χ0v) is 11.0. The van der Waals surface area contributed by atoms with Gasteiger partial charge in [0.05, 0.1) is 10.2 Å². The molecule has 2 N–H and O–H groups in total.